The number of hydrogen-bond donors (Lipinski definition) is 2. The Kier molecular flexibility index (Phi) is 6.07. The minimum atomic E-state index is -4.48. The first-order valence-electron chi connectivity index (χ1n) is 11.7. The van der Waals surface area contributed by atoms with E-state index in [2.05, 4.69) is 32.3 Å². The van der Waals surface area contributed by atoms with Gasteiger partial charge >= 0.3 is 6.18 Å². The predicted molar refractivity (Wildman–Crippen MR) is 135 cm³/mol. The second-order valence-corrected chi connectivity index (χ2v) is 8.96. The van der Waals surface area contributed by atoms with Crippen molar-refractivity contribution in [1.82, 2.24) is 9.97 Å². The predicted octanol–water partition coefficient (Wildman–Crippen LogP) is 6.11. The number of nitrogen functional groups attached to an aromatic ring is 1. The highest BCUT2D eigenvalue weighted by atomic mass is 19.4. The van der Waals surface area contributed by atoms with Crippen molar-refractivity contribution in [3.8, 4) is 5.75 Å². The molecule has 3 N–H and O–H groups in total. The number of benzene rings is 3. The van der Waals surface area contributed by atoms with Crippen LogP contribution in [0.15, 0.2) is 60.7 Å². The zero-order chi connectivity index (χ0) is 25.4. The number of rotatable bonds is 5. The summed E-state index contributed by atoms with van der Waals surface area (Å²) < 4.78 is 46.0. The van der Waals surface area contributed by atoms with Gasteiger partial charge in [-0.3, -0.25) is 0 Å². The van der Waals surface area contributed by atoms with Crippen LogP contribution in [0.25, 0.3) is 10.9 Å². The first-order chi connectivity index (χ1) is 17.2. The Bertz CT molecular complexity index is 1410. The molecule has 0 bridgehead atoms. The summed E-state index contributed by atoms with van der Waals surface area (Å²) in [5, 5.41) is 4.04. The van der Waals surface area contributed by atoms with Gasteiger partial charge in [0.25, 0.3) is 0 Å². The largest absolute Gasteiger partial charge is 0.489 e. The zero-order valence-electron chi connectivity index (χ0n) is 19.9. The fourth-order valence-corrected chi connectivity index (χ4v) is 4.47. The Balaban J connectivity index is 1.52. The Morgan fingerprint density at radius 2 is 1.86 bits per heavy atom. The van der Waals surface area contributed by atoms with Crippen molar-refractivity contribution in [1.29, 1.82) is 0 Å². The van der Waals surface area contributed by atoms with Crippen LogP contribution in [-0.4, -0.2) is 23.1 Å². The molecule has 0 spiro atoms. The maximum Gasteiger partial charge on any atom is 0.416 e. The second kappa shape index (κ2) is 9.22. The van der Waals surface area contributed by atoms with Gasteiger partial charge in [0.05, 0.1) is 29.4 Å². The van der Waals surface area contributed by atoms with Gasteiger partial charge in [0.2, 0.25) is 0 Å². The molecule has 0 amide bonds. The van der Waals surface area contributed by atoms with Crippen molar-refractivity contribution in [2.45, 2.75) is 32.6 Å². The number of fused-ring (bicyclic) bond motifs is 2. The number of nitrogens with zero attached hydrogens (tertiary/aromatic N) is 3. The summed E-state index contributed by atoms with van der Waals surface area (Å²) in [6.07, 6.45) is -4.48. The van der Waals surface area contributed by atoms with Crippen LogP contribution in [-0.2, 0) is 12.7 Å². The molecule has 4 aromatic rings. The quantitative estimate of drug-likeness (QED) is 0.327. The van der Waals surface area contributed by atoms with Crippen LogP contribution in [0.2, 0.25) is 0 Å². The van der Waals surface area contributed by atoms with E-state index in [1.807, 2.05) is 30.3 Å². The van der Waals surface area contributed by atoms with Gasteiger partial charge in [-0.1, -0.05) is 30.3 Å². The normalized spacial score (nSPS) is 14.3. The number of alkyl halides is 3. The van der Waals surface area contributed by atoms with Crippen LogP contribution in [0.1, 0.15) is 35.5 Å². The van der Waals surface area contributed by atoms with Gasteiger partial charge in [0, 0.05) is 23.7 Å². The van der Waals surface area contributed by atoms with E-state index in [1.165, 1.54) is 5.56 Å². The van der Waals surface area contributed by atoms with Gasteiger partial charge in [-0.25, -0.2) is 9.97 Å². The van der Waals surface area contributed by atoms with Gasteiger partial charge in [0.15, 0.2) is 0 Å². The van der Waals surface area contributed by atoms with Crippen LogP contribution in [0.4, 0.5) is 30.4 Å². The number of halogens is 3. The van der Waals surface area contributed by atoms with E-state index in [-0.39, 0.29) is 5.69 Å². The monoisotopic (exact) mass is 493 g/mol. The minimum absolute atomic E-state index is 0.0555. The third-order valence-electron chi connectivity index (χ3n) is 6.22. The Morgan fingerprint density at radius 1 is 1.08 bits per heavy atom. The number of aromatic nitrogens is 2. The summed E-state index contributed by atoms with van der Waals surface area (Å²) in [4.78, 5) is 11.4. The van der Waals surface area contributed by atoms with E-state index >= 15 is 0 Å². The molecule has 1 aromatic heterocycles. The van der Waals surface area contributed by atoms with E-state index < -0.39 is 17.8 Å². The van der Waals surface area contributed by atoms with E-state index in [1.54, 1.807) is 19.9 Å². The van der Waals surface area contributed by atoms with Gasteiger partial charge in [-0.15, -0.1) is 0 Å². The molecule has 9 heteroatoms. The summed E-state index contributed by atoms with van der Waals surface area (Å²) in [6.45, 7) is 5.57. The summed E-state index contributed by atoms with van der Waals surface area (Å²) in [6, 6.07) is 17.2. The zero-order valence-corrected chi connectivity index (χ0v) is 19.9. The summed E-state index contributed by atoms with van der Waals surface area (Å²) in [5.41, 5.74) is 8.27. The standard InChI is InChI=1S/C27H26F3N5O/c1-16(19-10-20(27(28,29)30)12-21(31)11-19)32-26-22-13-24-25(14-23(22)33-17(2)34-26)36-9-8-35(24)15-18-6-4-3-5-7-18/h3-7,10-14,16H,8-9,15,31H2,1-2H3,(H,32,33,34). The number of aryl methyl sites for hydroxylation is 1. The lowest BCUT2D eigenvalue weighted by Crippen LogP contribution is -2.32. The van der Waals surface area contributed by atoms with Crippen molar-refractivity contribution in [3.63, 3.8) is 0 Å². The summed E-state index contributed by atoms with van der Waals surface area (Å²) >= 11 is 0. The third-order valence-corrected chi connectivity index (χ3v) is 6.22. The van der Waals surface area contributed by atoms with Crippen LogP contribution in [0.5, 0.6) is 5.75 Å². The fourth-order valence-electron chi connectivity index (χ4n) is 4.47. The molecule has 1 aliphatic heterocycles. The van der Waals surface area contributed by atoms with Gasteiger partial charge in [-0.2, -0.15) is 13.2 Å². The van der Waals surface area contributed by atoms with Crippen molar-refractivity contribution in [2.24, 2.45) is 0 Å². The minimum Gasteiger partial charge on any atom is -0.489 e. The van der Waals surface area contributed by atoms with Crippen molar-refractivity contribution in [3.05, 3.63) is 83.2 Å². The average Bonchev–Trinajstić information content (AvgIpc) is 2.83. The van der Waals surface area contributed by atoms with Crippen molar-refractivity contribution >= 4 is 28.1 Å². The lowest BCUT2D eigenvalue weighted by molar-refractivity contribution is -0.137. The molecule has 0 radical (unpaired) electrons. The maximum atomic E-state index is 13.3. The molecular weight excluding hydrogens is 467 g/mol. The molecule has 186 valence electrons. The highest BCUT2D eigenvalue weighted by Crippen LogP contribution is 2.39. The SMILES string of the molecule is Cc1nc(NC(C)c2cc(N)cc(C(F)(F)F)c2)c2cc3c(cc2n1)OCCN3Cc1ccccc1. The molecule has 0 fully saturated rings. The smallest absolute Gasteiger partial charge is 0.416 e. The Hall–Kier alpha value is -4.01. The molecule has 1 unspecified atom stereocenters. The number of hydrogen-bond acceptors (Lipinski definition) is 6. The molecule has 0 aliphatic carbocycles. The molecule has 1 aliphatic rings. The highest BCUT2D eigenvalue weighted by Gasteiger charge is 2.31. The van der Waals surface area contributed by atoms with Gasteiger partial charge in [-0.05, 0) is 49.2 Å². The molecule has 0 saturated heterocycles. The van der Waals surface area contributed by atoms with Gasteiger partial charge < -0.3 is 20.7 Å². The van der Waals surface area contributed by atoms with Crippen LogP contribution in [0.3, 0.4) is 0 Å². The van der Waals surface area contributed by atoms with Crippen molar-refractivity contribution in [2.75, 3.05) is 29.1 Å². The molecule has 1 atom stereocenters. The van der Waals surface area contributed by atoms with E-state index in [0.29, 0.717) is 29.3 Å². The molecule has 36 heavy (non-hydrogen) atoms. The Labute approximate surface area is 206 Å². The second-order valence-electron chi connectivity index (χ2n) is 8.96. The maximum absolute atomic E-state index is 13.3. The first kappa shape index (κ1) is 23.7. The number of nitrogens with one attached hydrogen (secondary N) is 1. The number of ether oxygens (including phenoxy) is 1. The Morgan fingerprint density at radius 3 is 2.61 bits per heavy atom. The van der Waals surface area contributed by atoms with Crippen molar-refractivity contribution < 1.29 is 17.9 Å². The molecule has 6 nitrogen and oxygen atoms in total. The van der Waals surface area contributed by atoms with E-state index in [9.17, 15) is 13.2 Å². The summed E-state index contributed by atoms with van der Waals surface area (Å²) in [5.74, 6) is 1.82. The van der Waals surface area contributed by atoms with E-state index in [0.717, 1.165) is 42.0 Å². The fraction of sp³-hybridized carbons (Fsp3) is 0.259. The lowest BCUT2D eigenvalue weighted by Gasteiger charge is -2.32. The van der Waals surface area contributed by atoms with Crippen LogP contribution in [0, 0.1) is 6.92 Å². The number of nitrogens with two attached hydrogens (primary N) is 1. The van der Waals surface area contributed by atoms with E-state index in [4.69, 9.17) is 10.5 Å². The molecule has 2 heterocycles. The highest BCUT2D eigenvalue weighted by molar-refractivity contribution is 5.94. The average molecular weight is 494 g/mol. The molecule has 5 rings (SSSR count). The summed E-state index contributed by atoms with van der Waals surface area (Å²) in [7, 11) is 0. The van der Waals surface area contributed by atoms with Gasteiger partial charge in [0.1, 0.15) is 24.0 Å². The number of anilines is 3. The topological polar surface area (TPSA) is 76.3 Å². The molecule has 3 aromatic carbocycles. The third kappa shape index (κ3) is 4.86. The molecular formula is C27H26F3N5O. The first-order valence-corrected chi connectivity index (χ1v) is 11.7. The van der Waals surface area contributed by atoms with Crippen LogP contribution < -0.4 is 20.7 Å². The lowest BCUT2D eigenvalue weighted by atomic mass is 10.0. The van der Waals surface area contributed by atoms with Crippen LogP contribution >= 0.6 is 0 Å². The molecule has 0 saturated carbocycles.